The van der Waals surface area contributed by atoms with Crippen LogP contribution in [0.15, 0.2) is 194 Å². The monoisotopic (exact) mass is 1450 g/mol. The van der Waals surface area contributed by atoms with E-state index in [1.54, 1.807) is 0 Å². The first kappa shape index (κ1) is 90.6. The predicted molar refractivity (Wildman–Crippen MR) is 461 cm³/mol. The molecule has 0 aromatic heterocycles. The second-order valence-electron chi connectivity index (χ2n) is 38.9. The number of hydrogen-bond donors (Lipinski definition) is 0. The highest BCUT2D eigenvalue weighted by Crippen LogP contribution is 2.57. The highest BCUT2D eigenvalue weighted by Gasteiger charge is 2.61. The summed E-state index contributed by atoms with van der Waals surface area (Å²) in [5.41, 5.74) is 21.8. The molecule has 8 aromatic rings. The molecule has 0 atom stereocenters. The normalized spacial score (nSPS) is 17.6. The van der Waals surface area contributed by atoms with Crippen molar-refractivity contribution in [3.8, 4) is 56.3 Å². The Balaban J connectivity index is 0.000000265. The Bertz CT molecular complexity index is 3410. The van der Waals surface area contributed by atoms with Gasteiger partial charge in [-0.3, -0.25) is 0 Å². The molecule has 4 saturated heterocycles. The maximum absolute atomic E-state index is 6.49. The summed E-state index contributed by atoms with van der Waals surface area (Å²) in [7, 11) is 0. The lowest BCUT2D eigenvalue weighted by Gasteiger charge is -2.55. The molecule has 580 valence electrons. The zero-order valence-electron chi connectivity index (χ0n) is 69.6. The van der Waals surface area contributed by atoms with Gasteiger partial charge < -0.3 is 37.2 Å². The lowest BCUT2D eigenvalue weighted by molar-refractivity contribution is -0.173. The lowest BCUT2D eigenvalue weighted by atomic mass is 9.75. The summed E-state index contributed by atoms with van der Waals surface area (Å²) >= 11 is 0. The molecule has 8 aromatic carbocycles. The van der Waals surface area contributed by atoms with Crippen LogP contribution in [0.3, 0.4) is 0 Å². The number of fused-ring (bicyclic) bond motifs is 20. The van der Waals surface area contributed by atoms with Crippen molar-refractivity contribution in [2.75, 3.05) is 52.9 Å². The lowest BCUT2D eigenvalue weighted by Crippen LogP contribution is -2.66. The van der Waals surface area contributed by atoms with E-state index in [-0.39, 0.29) is 43.9 Å². The van der Waals surface area contributed by atoms with E-state index in [0.717, 1.165) is 0 Å². The molecule has 0 unspecified atom stereocenters. The second-order valence-corrected chi connectivity index (χ2v) is 38.9. The third kappa shape index (κ3) is 22.8. The van der Waals surface area contributed by atoms with Crippen LogP contribution >= 0.6 is 0 Å². The molecule has 8 aliphatic rings. The van der Waals surface area contributed by atoms with Gasteiger partial charge in [0.2, 0.25) is 0 Å². The Hall–Kier alpha value is -7.00. The zero-order chi connectivity index (χ0) is 76.6. The molecule has 0 radical (unpaired) electrons. The van der Waals surface area contributed by atoms with Gasteiger partial charge >= 0.3 is 13.9 Å². The fraction of sp³-hybridized carbons (Fsp3) is 0.474. The molecular weight excluding hydrogens is 1310 g/mol. The van der Waals surface area contributed by atoms with Crippen LogP contribution in [0, 0.1) is 51.8 Å². The number of aliphatic hydroxyl groups is 1. The molecule has 4 heterocycles. The minimum atomic E-state index is -2.27. The zero-order valence-corrected chi connectivity index (χ0v) is 69.6. The van der Waals surface area contributed by atoms with Gasteiger partial charge in [-0.25, -0.2) is 0 Å². The van der Waals surface area contributed by atoms with Crippen LogP contribution in [0.2, 0.25) is 0 Å². The fourth-order valence-electron chi connectivity index (χ4n) is 13.7. The molecular formula is C97H138B2O8. The first-order valence-corrected chi connectivity index (χ1v) is 37.9. The van der Waals surface area contributed by atoms with Gasteiger partial charge in [0, 0.05) is 53.7 Å². The van der Waals surface area contributed by atoms with Crippen LogP contribution in [0.1, 0.15) is 239 Å². The van der Waals surface area contributed by atoms with E-state index >= 15 is 0 Å². The molecule has 10 heteroatoms. The summed E-state index contributed by atoms with van der Waals surface area (Å²) in [6.45, 7) is 55.6. The quantitative estimate of drug-likeness (QED) is 0.0648. The molecule has 8 nitrogen and oxygen atoms in total. The Morgan fingerprint density at radius 1 is 0.252 bits per heavy atom. The molecule has 6 spiro atoms. The first-order chi connectivity index (χ1) is 48.4. The van der Waals surface area contributed by atoms with E-state index < -0.39 is 13.9 Å². The molecule has 1 N–H and O–H groups in total. The van der Waals surface area contributed by atoms with Gasteiger partial charge in [0.1, 0.15) is 12.0 Å². The topological polar surface area (TPSA) is 77.4 Å². The summed E-state index contributed by atoms with van der Waals surface area (Å²) in [5, 5.41) is 0. The van der Waals surface area contributed by atoms with Crippen molar-refractivity contribution >= 4 is 13.9 Å². The van der Waals surface area contributed by atoms with Gasteiger partial charge in [0.25, 0.3) is 0 Å². The smallest absolute Gasteiger partial charge is 0.604 e. The summed E-state index contributed by atoms with van der Waals surface area (Å²) in [6.07, 6.45) is 0. The molecule has 107 heavy (non-hydrogen) atoms. The molecule has 4 fully saturated rings. The van der Waals surface area contributed by atoms with E-state index in [1.807, 2.05) is 13.8 Å². The van der Waals surface area contributed by atoms with Crippen molar-refractivity contribution in [1.82, 2.24) is 0 Å². The van der Waals surface area contributed by atoms with Gasteiger partial charge in [0.05, 0.1) is 16.2 Å². The van der Waals surface area contributed by atoms with Crippen LogP contribution in [-0.4, -0.2) is 71.4 Å². The van der Waals surface area contributed by atoms with E-state index in [2.05, 4.69) is 372 Å². The third-order valence-corrected chi connectivity index (χ3v) is 17.3. The van der Waals surface area contributed by atoms with Gasteiger partial charge in [-0.1, -0.05) is 375 Å². The fourth-order valence-corrected chi connectivity index (χ4v) is 13.7. The first-order valence-electron chi connectivity index (χ1n) is 37.9. The summed E-state index contributed by atoms with van der Waals surface area (Å²) in [5.74, 6) is 5.36. The second kappa shape index (κ2) is 35.8. The maximum Gasteiger partial charge on any atom is 0.730 e. The minimum absolute atomic E-state index is 0. The van der Waals surface area contributed by atoms with Gasteiger partial charge in [0.15, 0.2) is 0 Å². The van der Waals surface area contributed by atoms with Crippen molar-refractivity contribution in [3.63, 3.8) is 0 Å². The number of hydrogen-bond acceptors (Lipinski definition) is 7. The summed E-state index contributed by atoms with van der Waals surface area (Å²) in [6, 6.07) is 68.7. The Morgan fingerprint density at radius 2 is 0.393 bits per heavy atom. The van der Waals surface area contributed by atoms with Crippen LogP contribution in [0.25, 0.3) is 44.5 Å². The maximum atomic E-state index is 6.49. The average Bonchev–Trinajstić information content (AvgIpc) is 1.58. The predicted octanol–water partition coefficient (Wildman–Crippen LogP) is 25.5. The highest BCUT2D eigenvalue weighted by atomic mass is 16.9. The molecule has 0 amide bonds. The van der Waals surface area contributed by atoms with Crippen LogP contribution < -0.4 is 0 Å². The van der Waals surface area contributed by atoms with Gasteiger partial charge in [-0.05, 0) is 135 Å². The molecule has 4 aliphatic heterocycles. The number of benzene rings is 8. The standard InChI is InChI=1S/C30H25BO4.C30H24BO4.6C5H12.C4H6.2CH4.CH3/c2*1-5-13-25-21(9-1)22-10-2-6-14-26(22)29(25)17-32-31(33-18-29)34-19-30(20-35-31)27-15-7-3-11-23(27)24-12-4-8-16-28(24)30;6*1-5(2,3)4;1-3-4-2;;;/h1-16,32H,17-20H2;1-16H,17-20H2;6*1-4H3;1-2H3;2*1H4;1H3/q;-1;;;;;;;;;;+1. The Morgan fingerprint density at radius 3 is 0.542 bits per heavy atom. The molecule has 16 rings (SSSR count). The molecule has 0 saturated carbocycles. The number of rotatable bonds is 0. The summed E-state index contributed by atoms with van der Waals surface area (Å²) in [4.78, 5) is 0. The summed E-state index contributed by atoms with van der Waals surface area (Å²) < 4.78 is 50.2. The van der Waals surface area contributed by atoms with Crippen molar-refractivity contribution < 1.29 is 37.2 Å². The van der Waals surface area contributed by atoms with E-state index in [4.69, 9.17) is 37.2 Å². The Kier molecular flexibility index (Phi) is 30.3. The van der Waals surface area contributed by atoms with E-state index in [1.165, 1.54) is 89.0 Å². The molecule has 0 bridgehead atoms. The van der Waals surface area contributed by atoms with Crippen molar-refractivity contribution in [1.29, 1.82) is 0 Å². The van der Waals surface area contributed by atoms with Gasteiger partial charge in [-0.15, -0.1) is 11.8 Å². The molecule has 4 aliphatic carbocycles. The third-order valence-electron chi connectivity index (χ3n) is 17.3. The van der Waals surface area contributed by atoms with Crippen LogP contribution in [0.4, 0.5) is 0 Å². The van der Waals surface area contributed by atoms with Crippen molar-refractivity contribution in [2.24, 2.45) is 32.5 Å². The Labute approximate surface area is 651 Å². The largest absolute Gasteiger partial charge is 0.730 e. The van der Waals surface area contributed by atoms with Crippen molar-refractivity contribution in [3.05, 3.63) is 246 Å². The van der Waals surface area contributed by atoms with E-state index in [9.17, 15) is 0 Å². The van der Waals surface area contributed by atoms with Crippen LogP contribution in [0.5, 0.6) is 0 Å². The van der Waals surface area contributed by atoms with E-state index in [0.29, 0.717) is 85.3 Å². The minimum Gasteiger partial charge on any atom is -0.604 e. The SMILES string of the molecule is C.C.CC#CC.CC(C)(C)C.CC(C)(C)C.CC(C)(C)C.CC(C)(C)C.CC(C)(C)C.CC(C)(C)C.[CH3+].c1ccc2c(c1)-c1ccccc1C21CO[B-]2(OC1)OCC1(CO2)c2ccccc2-c2ccccc21.c1ccc2c(c1)-c1ccccc1C21CO[B-]2(OC1)OCC1(C[OH+]2)c2ccccc2-c2ccccc21. The van der Waals surface area contributed by atoms with Crippen LogP contribution in [-0.2, 0) is 54.2 Å². The average molecular weight is 1450 g/mol. The van der Waals surface area contributed by atoms with Gasteiger partial charge in [-0.2, -0.15) is 0 Å². The van der Waals surface area contributed by atoms with Crippen molar-refractivity contribution in [2.45, 2.75) is 217 Å². The highest BCUT2D eigenvalue weighted by molar-refractivity contribution is 6.54.